The molecule has 0 bridgehead atoms. The van der Waals surface area contributed by atoms with Crippen LogP contribution in [0.1, 0.15) is 29.2 Å². The SMILES string of the molecule is COC(=O)COc1c(OC)cccc1[C@H]1CC(=O)Nc2c1cnn2Cc1ccco1. The molecule has 1 amide bonds. The lowest BCUT2D eigenvalue weighted by molar-refractivity contribution is -0.143. The number of nitrogens with one attached hydrogen (secondary N) is 1. The van der Waals surface area contributed by atoms with Gasteiger partial charge in [-0.05, 0) is 18.2 Å². The van der Waals surface area contributed by atoms with E-state index in [4.69, 9.17) is 13.9 Å². The number of nitrogens with zero attached hydrogens (tertiary/aromatic N) is 2. The Balaban J connectivity index is 1.72. The number of amides is 1. The van der Waals surface area contributed by atoms with Gasteiger partial charge in [-0.25, -0.2) is 9.48 Å². The van der Waals surface area contributed by atoms with Crippen LogP contribution in [-0.4, -0.2) is 42.5 Å². The van der Waals surface area contributed by atoms with Gasteiger partial charge in [0.2, 0.25) is 5.91 Å². The zero-order valence-corrected chi connectivity index (χ0v) is 16.6. The number of furan rings is 1. The summed E-state index contributed by atoms with van der Waals surface area (Å²) in [5, 5.41) is 7.34. The Bertz CT molecular complexity index is 1060. The van der Waals surface area contributed by atoms with E-state index in [1.165, 1.54) is 14.2 Å². The van der Waals surface area contributed by atoms with Crippen molar-refractivity contribution in [3.05, 3.63) is 59.7 Å². The Morgan fingerprint density at radius 3 is 2.87 bits per heavy atom. The van der Waals surface area contributed by atoms with Gasteiger partial charge in [-0.15, -0.1) is 0 Å². The van der Waals surface area contributed by atoms with Gasteiger partial charge in [0.1, 0.15) is 18.1 Å². The predicted molar refractivity (Wildman–Crippen MR) is 106 cm³/mol. The fourth-order valence-corrected chi connectivity index (χ4v) is 3.53. The molecule has 156 valence electrons. The van der Waals surface area contributed by atoms with Gasteiger partial charge in [0, 0.05) is 23.5 Å². The molecule has 2 aromatic heterocycles. The molecule has 0 unspecified atom stereocenters. The number of para-hydroxylation sites is 1. The van der Waals surface area contributed by atoms with Crippen LogP contribution in [0, 0.1) is 0 Å². The summed E-state index contributed by atoms with van der Waals surface area (Å²) < 4.78 is 22.9. The number of anilines is 1. The highest BCUT2D eigenvalue weighted by Gasteiger charge is 2.33. The maximum atomic E-state index is 12.5. The average molecular weight is 411 g/mol. The third-order valence-electron chi connectivity index (χ3n) is 4.94. The fourth-order valence-electron chi connectivity index (χ4n) is 3.53. The highest BCUT2D eigenvalue weighted by Crippen LogP contribution is 2.44. The second-order valence-electron chi connectivity index (χ2n) is 6.73. The van der Waals surface area contributed by atoms with Crippen molar-refractivity contribution < 1.29 is 28.2 Å². The summed E-state index contributed by atoms with van der Waals surface area (Å²) in [6.07, 6.45) is 3.53. The van der Waals surface area contributed by atoms with Crippen LogP contribution < -0.4 is 14.8 Å². The second-order valence-corrected chi connectivity index (χ2v) is 6.73. The van der Waals surface area contributed by atoms with Gasteiger partial charge >= 0.3 is 5.97 Å². The van der Waals surface area contributed by atoms with E-state index in [0.717, 1.165) is 16.9 Å². The van der Waals surface area contributed by atoms with Crippen LogP contribution in [0.5, 0.6) is 11.5 Å². The largest absolute Gasteiger partial charge is 0.493 e. The minimum atomic E-state index is -0.514. The molecule has 0 aliphatic carbocycles. The van der Waals surface area contributed by atoms with Crippen LogP contribution in [0.25, 0.3) is 0 Å². The lowest BCUT2D eigenvalue weighted by Gasteiger charge is -2.26. The Labute approximate surface area is 172 Å². The summed E-state index contributed by atoms with van der Waals surface area (Å²) in [5.41, 5.74) is 1.57. The van der Waals surface area contributed by atoms with Gasteiger partial charge in [-0.1, -0.05) is 12.1 Å². The van der Waals surface area contributed by atoms with Crippen LogP contribution in [0.3, 0.4) is 0 Å². The number of hydrogen-bond acceptors (Lipinski definition) is 7. The number of carbonyl (C=O) groups is 2. The monoisotopic (exact) mass is 411 g/mol. The van der Waals surface area contributed by atoms with E-state index in [0.29, 0.717) is 23.9 Å². The zero-order valence-electron chi connectivity index (χ0n) is 16.6. The maximum absolute atomic E-state index is 12.5. The molecule has 0 saturated carbocycles. The van der Waals surface area contributed by atoms with E-state index in [9.17, 15) is 9.59 Å². The minimum absolute atomic E-state index is 0.143. The first-order valence-corrected chi connectivity index (χ1v) is 9.35. The van der Waals surface area contributed by atoms with Crippen molar-refractivity contribution in [1.29, 1.82) is 0 Å². The number of ether oxygens (including phenoxy) is 3. The molecule has 1 aliphatic heterocycles. The van der Waals surface area contributed by atoms with Crippen LogP contribution in [0.2, 0.25) is 0 Å². The lowest BCUT2D eigenvalue weighted by Crippen LogP contribution is -2.25. The molecule has 1 atom stereocenters. The van der Waals surface area contributed by atoms with Crippen molar-refractivity contribution in [3.8, 4) is 11.5 Å². The first-order chi connectivity index (χ1) is 14.6. The Morgan fingerprint density at radius 2 is 2.13 bits per heavy atom. The summed E-state index contributed by atoms with van der Waals surface area (Å²) in [6.45, 7) is 0.118. The van der Waals surface area contributed by atoms with Crippen molar-refractivity contribution in [2.75, 3.05) is 26.1 Å². The van der Waals surface area contributed by atoms with E-state index in [1.807, 2.05) is 18.2 Å². The molecule has 1 aliphatic rings. The van der Waals surface area contributed by atoms with E-state index < -0.39 is 5.97 Å². The van der Waals surface area contributed by atoms with Crippen LogP contribution in [-0.2, 0) is 20.9 Å². The van der Waals surface area contributed by atoms with Crippen LogP contribution >= 0.6 is 0 Å². The number of benzene rings is 1. The van der Waals surface area contributed by atoms with Gasteiger partial charge in [-0.3, -0.25) is 4.79 Å². The molecule has 4 rings (SSSR count). The fraction of sp³-hybridized carbons (Fsp3) is 0.286. The van der Waals surface area contributed by atoms with Crippen molar-refractivity contribution in [3.63, 3.8) is 0 Å². The highest BCUT2D eigenvalue weighted by atomic mass is 16.6. The third-order valence-corrected chi connectivity index (χ3v) is 4.94. The molecule has 0 saturated heterocycles. The summed E-state index contributed by atoms with van der Waals surface area (Å²) in [6, 6.07) is 9.05. The Morgan fingerprint density at radius 1 is 1.27 bits per heavy atom. The van der Waals surface area contributed by atoms with E-state index in [2.05, 4.69) is 15.2 Å². The summed E-state index contributed by atoms with van der Waals surface area (Å²) in [4.78, 5) is 24.1. The molecule has 1 N–H and O–H groups in total. The standard InChI is InChI=1S/C21H21N3O6/c1-27-17-7-3-6-14(20(17)30-12-19(26)28-2)15-9-18(25)23-21-16(15)10-22-24(21)11-13-5-4-8-29-13/h3-8,10,15H,9,11-12H2,1-2H3,(H,23,25)/t15-/m1/s1. The molecule has 0 fully saturated rings. The smallest absolute Gasteiger partial charge is 0.343 e. The normalized spacial score (nSPS) is 15.3. The number of methoxy groups -OCH3 is 2. The van der Waals surface area contributed by atoms with Gasteiger partial charge < -0.3 is 23.9 Å². The van der Waals surface area contributed by atoms with Gasteiger partial charge in [-0.2, -0.15) is 5.10 Å². The Hall–Kier alpha value is -3.75. The number of hydrogen-bond donors (Lipinski definition) is 1. The maximum Gasteiger partial charge on any atom is 0.343 e. The number of aromatic nitrogens is 2. The third kappa shape index (κ3) is 3.73. The first-order valence-electron chi connectivity index (χ1n) is 9.35. The molecular weight excluding hydrogens is 390 g/mol. The molecule has 1 aromatic carbocycles. The molecular formula is C21H21N3O6. The van der Waals surface area contributed by atoms with Gasteiger partial charge in [0.15, 0.2) is 18.1 Å². The molecule has 9 heteroatoms. The number of rotatable bonds is 7. The Kier molecular flexibility index (Phi) is 5.42. The quantitative estimate of drug-likeness (QED) is 0.596. The van der Waals surface area contributed by atoms with Gasteiger partial charge in [0.05, 0.1) is 26.7 Å². The highest BCUT2D eigenvalue weighted by molar-refractivity contribution is 5.94. The predicted octanol–water partition coefficient (Wildman–Crippen LogP) is 2.56. The van der Waals surface area contributed by atoms with Crippen LogP contribution in [0.4, 0.5) is 5.82 Å². The first kappa shape index (κ1) is 19.6. The van der Waals surface area contributed by atoms with E-state index in [-0.39, 0.29) is 24.9 Å². The molecule has 0 spiro atoms. The second kappa shape index (κ2) is 8.32. The number of esters is 1. The van der Waals surface area contributed by atoms with Crippen molar-refractivity contribution in [1.82, 2.24) is 9.78 Å². The average Bonchev–Trinajstić information content (AvgIpc) is 3.41. The molecule has 9 nitrogen and oxygen atoms in total. The molecule has 0 radical (unpaired) electrons. The number of fused-ring (bicyclic) bond motifs is 1. The molecule has 30 heavy (non-hydrogen) atoms. The summed E-state index contributed by atoms with van der Waals surface area (Å²) in [7, 11) is 2.81. The minimum Gasteiger partial charge on any atom is -0.493 e. The van der Waals surface area contributed by atoms with Gasteiger partial charge in [0.25, 0.3) is 0 Å². The summed E-state index contributed by atoms with van der Waals surface area (Å²) in [5.74, 6) is 1.22. The topological polar surface area (TPSA) is 105 Å². The summed E-state index contributed by atoms with van der Waals surface area (Å²) >= 11 is 0. The zero-order chi connectivity index (χ0) is 21.1. The van der Waals surface area contributed by atoms with Crippen molar-refractivity contribution >= 4 is 17.7 Å². The van der Waals surface area contributed by atoms with E-state index >= 15 is 0 Å². The molecule has 3 aromatic rings. The van der Waals surface area contributed by atoms with Crippen molar-refractivity contribution in [2.24, 2.45) is 0 Å². The molecule has 3 heterocycles. The lowest BCUT2D eigenvalue weighted by atomic mass is 9.86. The van der Waals surface area contributed by atoms with E-state index in [1.54, 1.807) is 29.3 Å². The number of carbonyl (C=O) groups excluding carboxylic acids is 2. The van der Waals surface area contributed by atoms with Crippen LogP contribution in [0.15, 0.2) is 47.2 Å². The van der Waals surface area contributed by atoms with Crippen molar-refractivity contribution in [2.45, 2.75) is 18.9 Å².